The van der Waals surface area contributed by atoms with E-state index in [1.165, 1.54) is 0 Å². The van der Waals surface area contributed by atoms with Crippen LogP contribution in [0.25, 0.3) is 22.8 Å². The molecule has 1 heterocycles. The molecule has 1 N–H and O–H groups in total. The van der Waals surface area contributed by atoms with E-state index in [1.807, 2.05) is 62.4 Å². The van der Waals surface area contributed by atoms with E-state index in [9.17, 15) is 9.90 Å². The lowest BCUT2D eigenvalue weighted by Crippen LogP contribution is -2.00. The topological polar surface area (TPSA) is 63.3 Å². The van der Waals surface area contributed by atoms with Crippen LogP contribution in [-0.2, 0) is 0 Å². The third-order valence-corrected chi connectivity index (χ3v) is 3.70. The van der Waals surface area contributed by atoms with Crippen molar-refractivity contribution in [3.63, 3.8) is 0 Å². The Bertz CT molecular complexity index is 835. The van der Waals surface area contributed by atoms with E-state index in [0.29, 0.717) is 11.7 Å². The standard InChI is InChI=1S/C18H15NO3/c1-11-7-6-10-14(12(11)2)16-15(18(20)21)19-17(22-16)13-8-4-3-5-9-13/h3-10H,1-2H3,(H,20,21). The molecule has 22 heavy (non-hydrogen) atoms. The number of oxazole rings is 1. The quantitative estimate of drug-likeness (QED) is 0.781. The second-order valence-corrected chi connectivity index (χ2v) is 5.12. The normalized spacial score (nSPS) is 10.6. The summed E-state index contributed by atoms with van der Waals surface area (Å²) in [4.78, 5) is 15.7. The molecular formula is C18H15NO3. The zero-order chi connectivity index (χ0) is 15.7. The number of rotatable bonds is 3. The average Bonchev–Trinajstić information content (AvgIpc) is 2.96. The Morgan fingerprint density at radius 3 is 2.45 bits per heavy atom. The van der Waals surface area contributed by atoms with E-state index in [2.05, 4.69) is 4.98 Å². The van der Waals surface area contributed by atoms with Crippen LogP contribution < -0.4 is 0 Å². The van der Waals surface area contributed by atoms with Crippen molar-refractivity contribution in [2.45, 2.75) is 13.8 Å². The molecule has 0 bridgehead atoms. The van der Waals surface area contributed by atoms with Gasteiger partial charge in [0.05, 0.1) is 0 Å². The summed E-state index contributed by atoms with van der Waals surface area (Å²) in [6.45, 7) is 3.93. The van der Waals surface area contributed by atoms with Gasteiger partial charge in [0, 0.05) is 11.1 Å². The number of carboxylic acids is 1. The minimum absolute atomic E-state index is 0.0625. The lowest BCUT2D eigenvalue weighted by atomic mass is 10.0. The van der Waals surface area contributed by atoms with E-state index in [0.717, 1.165) is 22.3 Å². The Labute approximate surface area is 128 Å². The number of hydrogen-bond donors (Lipinski definition) is 1. The van der Waals surface area contributed by atoms with Crippen LogP contribution in [-0.4, -0.2) is 16.1 Å². The first-order valence-corrected chi connectivity index (χ1v) is 6.94. The number of aryl methyl sites for hydroxylation is 1. The summed E-state index contributed by atoms with van der Waals surface area (Å²) < 4.78 is 5.79. The lowest BCUT2D eigenvalue weighted by molar-refractivity contribution is 0.0691. The fraction of sp³-hybridized carbons (Fsp3) is 0.111. The number of carbonyl (C=O) groups is 1. The zero-order valence-electron chi connectivity index (χ0n) is 12.3. The van der Waals surface area contributed by atoms with Crippen LogP contribution in [0.1, 0.15) is 21.6 Å². The summed E-state index contributed by atoms with van der Waals surface area (Å²) in [5, 5.41) is 9.42. The molecule has 0 aliphatic rings. The third kappa shape index (κ3) is 2.39. The Morgan fingerprint density at radius 2 is 1.77 bits per heavy atom. The molecular weight excluding hydrogens is 278 g/mol. The van der Waals surface area contributed by atoms with Crippen molar-refractivity contribution in [3.8, 4) is 22.8 Å². The van der Waals surface area contributed by atoms with Gasteiger partial charge in [-0.3, -0.25) is 0 Å². The molecule has 0 saturated heterocycles. The van der Waals surface area contributed by atoms with E-state index in [1.54, 1.807) is 0 Å². The van der Waals surface area contributed by atoms with Gasteiger partial charge in [-0.15, -0.1) is 0 Å². The van der Waals surface area contributed by atoms with Gasteiger partial charge in [0.1, 0.15) is 0 Å². The molecule has 0 aliphatic carbocycles. The highest BCUT2D eigenvalue weighted by atomic mass is 16.4. The molecule has 0 unspecified atom stereocenters. The first-order chi connectivity index (χ1) is 10.6. The molecule has 3 aromatic rings. The Balaban J connectivity index is 2.21. The Morgan fingerprint density at radius 1 is 1.05 bits per heavy atom. The maximum Gasteiger partial charge on any atom is 0.358 e. The molecule has 0 spiro atoms. The van der Waals surface area contributed by atoms with Gasteiger partial charge in [0.2, 0.25) is 5.89 Å². The molecule has 110 valence electrons. The maximum absolute atomic E-state index is 11.5. The second kappa shape index (κ2) is 5.48. The highest BCUT2D eigenvalue weighted by Crippen LogP contribution is 2.32. The number of aromatic nitrogens is 1. The van der Waals surface area contributed by atoms with Gasteiger partial charge >= 0.3 is 5.97 Å². The Hall–Kier alpha value is -2.88. The molecule has 0 amide bonds. The molecule has 4 heteroatoms. The van der Waals surface area contributed by atoms with E-state index in [4.69, 9.17) is 4.42 Å². The van der Waals surface area contributed by atoms with Gasteiger partial charge < -0.3 is 9.52 Å². The van der Waals surface area contributed by atoms with Crippen molar-refractivity contribution in [2.75, 3.05) is 0 Å². The van der Waals surface area contributed by atoms with E-state index in [-0.39, 0.29) is 5.69 Å². The van der Waals surface area contributed by atoms with Crippen molar-refractivity contribution in [1.82, 2.24) is 4.98 Å². The van der Waals surface area contributed by atoms with Gasteiger partial charge in [-0.25, -0.2) is 9.78 Å². The highest BCUT2D eigenvalue weighted by molar-refractivity contribution is 5.93. The van der Waals surface area contributed by atoms with Crippen LogP contribution in [0.5, 0.6) is 0 Å². The fourth-order valence-electron chi connectivity index (χ4n) is 2.35. The lowest BCUT2D eigenvalue weighted by Gasteiger charge is -2.06. The number of hydrogen-bond acceptors (Lipinski definition) is 3. The van der Waals surface area contributed by atoms with Gasteiger partial charge in [-0.1, -0.05) is 36.4 Å². The van der Waals surface area contributed by atoms with Crippen LogP contribution in [0.15, 0.2) is 52.9 Å². The monoisotopic (exact) mass is 293 g/mol. The molecule has 0 fully saturated rings. The van der Waals surface area contributed by atoms with Crippen molar-refractivity contribution in [3.05, 3.63) is 65.4 Å². The van der Waals surface area contributed by atoms with Crippen molar-refractivity contribution < 1.29 is 14.3 Å². The summed E-state index contributed by atoms with van der Waals surface area (Å²) in [5.41, 5.74) is 3.51. The number of aromatic carboxylic acids is 1. The first kappa shape index (κ1) is 14.1. The average molecular weight is 293 g/mol. The summed E-state index contributed by atoms with van der Waals surface area (Å²) >= 11 is 0. The third-order valence-electron chi connectivity index (χ3n) is 3.70. The minimum Gasteiger partial charge on any atom is -0.476 e. The van der Waals surface area contributed by atoms with Crippen molar-refractivity contribution in [2.24, 2.45) is 0 Å². The minimum atomic E-state index is -1.10. The summed E-state index contributed by atoms with van der Waals surface area (Å²) in [5.74, 6) is -0.483. The van der Waals surface area contributed by atoms with Crippen LogP contribution in [0.4, 0.5) is 0 Å². The highest BCUT2D eigenvalue weighted by Gasteiger charge is 2.22. The SMILES string of the molecule is Cc1cccc(-c2oc(-c3ccccc3)nc2C(=O)O)c1C. The van der Waals surface area contributed by atoms with Crippen LogP contribution in [0.3, 0.4) is 0 Å². The van der Waals surface area contributed by atoms with Gasteiger partial charge in [0.25, 0.3) is 0 Å². The molecule has 2 aromatic carbocycles. The van der Waals surface area contributed by atoms with Gasteiger partial charge in [-0.2, -0.15) is 0 Å². The van der Waals surface area contributed by atoms with Gasteiger partial charge in [-0.05, 0) is 37.1 Å². The largest absolute Gasteiger partial charge is 0.476 e. The molecule has 1 aromatic heterocycles. The molecule has 0 saturated carbocycles. The number of carboxylic acid groups (broad SMARTS) is 1. The molecule has 0 aliphatic heterocycles. The molecule has 3 rings (SSSR count). The number of benzene rings is 2. The maximum atomic E-state index is 11.5. The smallest absolute Gasteiger partial charge is 0.358 e. The Kier molecular flexibility index (Phi) is 3.51. The summed E-state index contributed by atoms with van der Waals surface area (Å²) in [7, 11) is 0. The van der Waals surface area contributed by atoms with Gasteiger partial charge in [0.15, 0.2) is 11.5 Å². The van der Waals surface area contributed by atoms with E-state index >= 15 is 0 Å². The number of nitrogens with zero attached hydrogens (tertiary/aromatic N) is 1. The van der Waals surface area contributed by atoms with E-state index < -0.39 is 5.97 Å². The summed E-state index contributed by atoms with van der Waals surface area (Å²) in [6.07, 6.45) is 0. The zero-order valence-corrected chi connectivity index (χ0v) is 12.3. The molecule has 0 atom stereocenters. The second-order valence-electron chi connectivity index (χ2n) is 5.12. The van der Waals surface area contributed by atoms with Crippen molar-refractivity contribution in [1.29, 1.82) is 0 Å². The predicted molar refractivity (Wildman–Crippen MR) is 83.8 cm³/mol. The molecule has 4 nitrogen and oxygen atoms in total. The van der Waals surface area contributed by atoms with Crippen LogP contribution >= 0.6 is 0 Å². The van der Waals surface area contributed by atoms with Crippen molar-refractivity contribution >= 4 is 5.97 Å². The van der Waals surface area contributed by atoms with Crippen LogP contribution in [0, 0.1) is 13.8 Å². The predicted octanol–water partition coefficient (Wildman–Crippen LogP) is 4.32. The molecule has 0 radical (unpaired) electrons. The first-order valence-electron chi connectivity index (χ1n) is 6.94. The van der Waals surface area contributed by atoms with Crippen LogP contribution in [0.2, 0.25) is 0 Å². The fourth-order valence-corrected chi connectivity index (χ4v) is 2.35. The summed E-state index contributed by atoms with van der Waals surface area (Å²) in [6, 6.07) is 15.0.